The molecule has 4 heteroatoms. The van der Waals surface area contributed by atoms with Crippen molar-refractivity contribution in [2.75, 3.05) is 0 Å². The van der Waals surface area contributed by atoms with Crippen LogP contribution in [0.1, 0.15) is 33.4 Å². The van der Waals surface area contributed by atoms with Crippen molar-refractivity contribution in [3.8, 4) is 6.07 Å². The first-order chi connectivity index (χ1) is 9.04. The SMILES string of the molecule is Cc1cc(C(=O)C(C#N)c2ccccc2Cl)c(C)o1. The molecule has 0 fully saturated rings. The topological polar surface area (TPSA) is 54.0 Å². The quantitative estimate of drug-likeness (QED) is 0.793. The number of furan rings is 1. The molecule has 1 unspecified atom stereocenters. The summed E-state index contributed by atoms with van der Waals surface area (Å²) >= 11 is 6.05. The monoisotopic (exact) mass is 273 g/mol. The summed E-state index contributed by atoms with van der Waals surface area (Å²) in [6.07, 6.45) is 0. The summed E-state index contributed by atoms with van der Waals surface area (Å²) in [6, 6.07) is 10.5. The Morgan fingerprint density at radius 1 is 1.37 bits per heavy atom. The highest BCUT2D eigenvalue weighted by molar-refractivity contribution is 6.31. The third-order valence-electron chi connectivity index (χ3n) is 2.91. The highest BCUT2D eigenvalue weighted by atomic mass is 35.5. The van der Waals surface area contributed by atoms with E-state index in [0.717, 1.165) is 0 Å². The van der Waals surface area contributed by atoms with Gasteiger partial charge < -0.3 is 4.42 Å². The zero-order chi connectivity index (χ0) is 14.0. The van der Waals surface area contributed by atoms with Gasteiger partial charge in [0.1, 0.15) is 17.4 Å². The molecule has 0 N–H and O–H groups in total. The molecule has 0 saturated heterocycles. The molecule has 0 amide bonds. The molecule has 96 valence electrons. The van der Waals surface area contributed by atoms with Gasteiger partial charge in [0.25, 0.3) is 0 Å². The van der Waals surface area contributed by atoms with Crippen LogP contribution in [0.3, 0.4) is 0 Å². The van der Waals surface area contributed by atoms with Crippen LogP contribution in [-0.2, 0) is 0 Å². The van der Waals surface area contributed by atoms with Crippen LogP contribution in [0, 0.1) is 25.2 Å². The lowest BCUT2D eigenvalue weighted by molar-refractivity contribution is 0.0977. The van der Waals surface area contributed by atoms with E-state index in [0.29, 0.717) is 27.7 Å². The van der Waals surface area contributed by atoms with Gasteiger partial charge in [0.2, 0.25) is 0 Å². The van der Waals surface area contributed by atoms with Crippen LogP contribution in [-0.4, -0.2) is 5.78 Å². The molecule has 2 aromatic rings. The molecule has 0 saturated carbocycles. The lowest BCUT2D eigenvalue weighted by Gasteiger charge is -2.09. The molecule has 0 aliphatic heterocycles. The summed E-state index contributed by atoms with van der Waals surface area (Å²) in [5.41, 5.74) is 0.957. The van der Waals surface area contributed by atoms with Crippen molar-refractivity contribution >= 4 is 17.4 Å². The highest BCUT2D eigenvalue weighted by Crippen LogP contribution is 2.28. The molecule has 1 aromatic heterocycles. The summed E-state index contributed by atoms with van der Waals surface area (Å²) in [7, 11) is 0. The van der Waals surface area contributed by atoms with E-state index >= 15 is 0 Å². The third kappa shape index (κ3) is 2.54. The Hall–Kier alpha value is -2.05. The van der Waals surface area contributed by atoms with E-state index in [4.69, 9.17) is 16.0 Å². The largest absolute Gasteiger partial charge is 0.466 e. The average Bonchev–Trinajstić information content (AvgIpc) is 2.71. The molecule has 1 aromatic carbocycles. The van der Waals surface area contributed by atoms with E-state index in [-0.39, 0.29) is 5.78 Å². The minimum Gasteiger partial charge on any atom is -0.466 e. The Balaban J connectivity index is 2.44. The lowest BCUT2D eigenvalue weighted by Crippen LogP contribution is -2.12. The van der Waals surface area contributed by atoms with Gasteiger partial charge in [0.05, 0.1) is 11.6 Å². The fourth-order valence-corrected chi connectivity index (χ4v) is 2.25. The van der Waals surface area contributed by atoms with E-state index < -0.39 is 5.92 Å². The first-order valence-corrected chi connectivity index (χ1v) is 6.17. The smallest absolute Gasteiger partial charge is 0.188 e. The molecule has 1 atom stereocenters. The number of carbonyl (C=O) groups excluding carboxylic acids is 1. The minimum atomic E-state index is -0.913. The number of halogens is 1. The van der Waals surface area contributed by atoms with Crippen LogP contribution in [0.2, 0.25) is 5.02 Å². The van der Waals surface area contributed by atoms with Crippen molar-refractivity contribution in [2.45, 2.75) is 19.8 Å². The second-order valence-corrected chi connectivity index (χ2v) is 4.68. The maximum absolute atomic E-state index is 12.4. The van der Waals surface area contributed by atoms with E-state index in [2.05, 4.69) is 0 Å². The Morgan fingerprint density at radius 3 is 2.58 bits per heavy atom. The number of rotatable bonds is 3. The van der Waals surface area contributed by atoms with Crippen molar-refractivity contribution in [3.63, 3.8) is 0 Å². The number of nitrogens with zero attached hydrogens (tertiary/aromatic N) is 1. The number of carbonyl (C=O) groups is 1. The number of hydrogen-bond acceptors (Lipinski definition) is 3. The fraction of sp³-hybridized carbons (Fsp3) is 0.200. The van der Waals surface area contributed by atoms with E-state index in [9.17, 15) is 10.1 Å². The number of benzene rings is 1. The van der Waals surface area contributed by atoms with Crippen LogP contribution in [0.5, 0.6) is 0 Å². The van der Waals surface area contributed by atoms with Gasteiger partial charge in [-0.2, -0.15) is 5.26 Å². The maximum Gasteiger partial charge on any atom is 0.188 e. The number of aryl methyl sites for hydroxylation is 2. The molecule has 0 bridgehead atoms. The zero-order valence-electron chi connectivity index (χ0n) is 10.6. The van der Waals surface area contributed by atoms with Crippen LogP contribution >= 0.6 is 11.6 Å². The van der Waals surface area contributed by atoms with Crippen LogP contribution in [0.25, 0.3) is 0 Å². The van der Waals surface area contributed by atoms with Gasteiger partial charge in [-0.05, 0) is 31.5 Å². The van der Waals surface area contributed by atoms with Crippen molar-refractivity contribution in [1.29, 1.82) is 5.26 Å². The summed E-state index contributed by atoms with van der Waals surface area (Å²) in [5, 5.41) is 9.69. The van der Waals surface area contributed by atoms with E-state index in [1.807, 2.05) is 6.07 Å². The van der Waals surface area contributed by atoms with Crippen LogP contribution in [0.15, 0.2) is 34.7 Å². The van der Waals surface area contributed by atoms with Crippen molar-refractivity contribution < 1.29 is 9.21 Å². The second kappa shape index (κ2) is 5.29. The predicted octanol–water partition coefficient (Wildman–Crippen LogP) is 4.04. The molecule has 0 aliphatic rings. The molecular weight excluding hydrogens is 262 g/mol. The lowest BCUT2D eigenvalue weighted by atomic mass is 9.92. The summed E-state index contributed by atoms with van der Waals surface area (Å²) in [4.78, 5) is 12.4. The van der Waals surface area contributed by atoms with Gasteiger partial charge in [0, 0.05) is 5.02 Å². The molecule has 0 aliphatic carbocycles. The van der Waals surface area contributed by atoms with Gasteiger partial charge >= 0.3 is 0 Å². The van der Waals surface area contributed by atoms with Gasteiger partial charge in [-0.1, -0.05) is 29.8 Å². The molecule has 3 nitrogen and oxygen atoms in total. The molecule has 0 radical (unpaired) electrons. The molecule has 19 heavy (non-hydrogen) atoms. The van der Waals surface area contributed by atoms with Crippen molar-refractivity contribution in [2.24, 2.45) is 0 Å². The Kier molecular flexibility index (Phi) is 3.73. The Bertz CT molecular complexity index is 667. The first kappa shape index (κ1) is 13.4. The number of nitriles is 1. The van der Waals surface area contributed by atoms with Gasteiger partial charge in [-0.25, -0.2) is 0 Å². The van der Waals surface area contributed by atoms with E-state index in [1.165, 1.54) is 0 Å². The second-order valence-electron chi connectivity index (χ2n) is 4.27. The molecular formula is C15H12ClNO2. The van der Waals surface area contributed by atoms with Gasteiger partial charge in [0.15, 0.2) is 5.78 Å². The number of ketones is 1. The predicted molar refractivity (Wildman–Crippen MR) is 72.3 cm³/mol. The number of hydrogen-bond donors (Lipinski definition) is 0. The normalized spacial score (nSPS) is 11.9. The van der Waals surface area contributed by atoms with Gasteiger partial charge in [-0.15, -0.1) is 0 Å². The average molecular weight is 274 g/mol. The summed E-state index contributed by atoms with van der Waals surface area (Å²) in [5.74, 6) is -0.0270. The maximum atomic E-state index is 12.4. The highest BCUT2D eigenvalue weighted by Gasteiger charge is 2.26. The molecule has 2 rings (SSSR count). The number of Topliss-reactive ketones (excluding diaryl/α,β-unsaturated/α-hetero) is 1. The van der Waals surface area contributed by atoms with Crippen LogP contribution in [0.4, 0.5) is 0 Å². The van der Waals surface area contributed by atoms with Gasteiger partial charge in [-0.3, -0.25) is 4.79 Å². The molecule has 0 spiro atoms. The standard InChI is InChI=1S/C15H12ClNO2/c1-9-7-12(10(2)19-9)15(18)13(8-17)11-5-3-4-6-14(11)16/h3-7,13H,1-2H3. The Morgan fingerprint density at radius 2 is 2.05 bits per heavy atom. The van der Waals surface area contributed by atoms with Crippen molar-refractivity contribution in [1.82, 2.24) is 0 Å². The van der Waals surface area contributed by atoms with Crippen molar-refractivity contribution in [3.05, 3.63) is 58.0 Å². The van der Waals surface area contributed by atoms with Crippen LogP contribution < -0.4 is 0 Å². The zero-order valence-corrected chi connectivity index (χ0v) is 11.4. The summed E-state index contributed by atoms with van der Waals surface area (Å²) < 4.78 is 5.33. The first-order valence-electron chi connectivity index (χ1n) is 5.80. The van der Waals surface area contributed by atoms with E-state index in [1.54, 1.807) is 44.2 Å². The Labute approximate surface area is 116 Å². The minimum absolute atomic E-state index is 0.287. The molecule has 1 heterocycles. The third-order valence-corrected chi connectivity index (χ3v) is 3.26. The summed E-state index contributed by atoms with van der Waals surface area (Å²) in [6.45, 7) is 3.47. The fourth-order valence-electron chi connectivity index (χ4n) is 2.01.